The van der Waals surface area contributed by atoms with E-state index in [4.69, 9.17) is 0 Å². The van der Waals surface area contributed by atoms with Crippen LogP contribution in [0.25, 0.3) is 0 Å². The molecule has 92 valence electrons. The third kappa shape index (κ3) is 2.96. The van der Waals surface area contributed by atoms with Crippen LogP contribution in [0.2, 0.25) is 0 Å². The lowest BCUT2D eigenvalue weighted by molar-refractivity contribution is 0.121. The fourth-order valence-corrected chi connectivity index (χ4v) is 3.04. The summed E-state index contributed by atoms with van der Waals surface area (Å²) in [7, 11) is 0. The van der Waals surface area contributed by atoms with Crippen LogP contribution in [-0.4, -0.2) is 61.7 Å². The Kier molecular flexibility index (Phi) is 3.46. The van der Waals surface area contributed by atoms with Gasteiger partial charge in [-0.2, -0.15) is 0 Å². The summed E-state index contributed by atoms with van der Waals surface area (Å²) in [4.78, 5) is 5.34. The average Bonchev–Trinajstić information content (AvgIpc) is 2.96. The smallest absolute Gasteiger partial charge is 0.0195 e. The SMILES string of the molecule is C1CN[C@@H](CN2CCN(CC3CC3)CC2)C1. The first-order chi connectivity index (χ1) is 7.90. The molecule has 0 bridgehead atoms. The predicted molar refractivity (Wildman–Crippen MR) is 66.6 cm³/mol. The Hall–Kier alpha value is -0.120. The molecule has 3 rings (SSSR count). The summed E-state index contributed by atoms with van der Waals surface area (Å²) in [5.41, 5.74) is 0. The first kappa shape index (κ1) is 11.0. The number of piperazine rings is 1. The Morgan fingerprint density at radius 2 is 1.56 bits per heavy atom. The molecular formula is C13H25N3. The first-order valence-corrected chi connectivity index (χ1v) is 7.08. The maximum atomic E-state index is 3.60. The van der Waals surface area contributed by atoms with E-state index in [1.165, 1.54) is 71.5 Å². The van der Waals surface area contributed by atoms with Crippen LogP contribution in [0.4, 0.5) is 0 Å². The van der Waals surface area contributed by atoms with Gasteiger partial charge in [-0.1, -0.05) is 0 Å². The standard InChI is InChI=1S/C13H25N3/c1-2-13(14-5-1)11-16-8-6-15(7-9-16)10-12-3-4-12/h12-14H,1-11H2/t13-/m1/s1. The molecule has 1 saturated carbocycles. The van der Waals surface area contributed by atoms with Gasteiger partial charge in [0.15, 0.2) is 0 Å². The van der Waals surface area contributed by atoms with Crippen molar-refractivity contribution >= 4 is 0 Å². The fraction of sp³-hybridized carbons (Fsp3) is 1.00. The molecule has 16 heavy (non-hydrogen) atoms. The van der Waals surface area contributed by atoms with Crippen LogP contribution in [-0.2, 0) is 0 Å². The van der Waals surface area contributed by atoms with E-state index in [2.05, 4.69) is 15.1 Å². The van der Waals surface area contributed by atoms with E-state index in [0.29, 0.717) is 0 Å². The van der Waals surface area contributed by atoms with Crippen molar-refractivity contribution in [3.8, 4) is 0 Å². The van der Waals surface area contributed by atoms with Gasteiger partial charge in [-0.25, -0.2) is 0 Å². The van der Waals surface area contributed by atoms with Gasteiger partial charge >= 0.3 is 0 Å². The number of hydrogen-bond donors (Lipinski definition) is 1. The minimum atomic E-state index is 0.787. The molecule has 0 aromatic rings. The summed E-state index contributed by atoms with van der Waals surface area (Å²) >= 11 is 0. The van der Waals surface area contributed by atoms with E-state index in [9.17, 15) is 0 Å². The Morgan fingerprint density at radius 1 is 0.875 bits per heavy atom. The van der Waals surface area contributed by atoms with Gasteiger partial charge in [-0.3, -0.25) is 4.90 Å². The second-order valence-corrected chi connectivity index (χ2v) is 5.84. The normalized spacial score (nSPS) is 33.4. The molecule has 0 amide bonds. The van der Waals surface area contributed by atoms with Gasteiger partial charge in [0.1, 0.15) is 0 Å². The van der Waals surface area contributed by atoms with Gasteiger partial charge in [-0.15, -0.1) is 0 Å². The summed E-state index contributed by atoms with van der Waals surface area (Å²) in [6.45, 7) is 9.13. The number of hydrogen-bond acceptors (Lipinski definition) is 3. The van der Waals surface area contributed by atoms with Crippen LogP contribution < -0.4 is 5.32 Å². The van der Waals surface area contributed by atoms with Gasteiger partial charge in [0, 0.05) is 45.3 Å². The van der Waals surface area contributed by atoms with Crippen molar-refractivity contribution in [1.29, 1.82) is 0 Å². The van der Waals surface area contributed by atoms with Crippen molar-refractivity contribution in [2.24, 2.45) is 5.92 Å². The van der Waals surface area contributed by atoms with Crippen LogP contribution in [0.5, 0.6) is 0 Å². The highest BCUT2D eigenvalue weighted by atomic mass is 15.3. The minimum absolute atomic E-state index is 0.787. The van der Waals surface area contributed by atoms with Crippen LogP contribution in [0.3, 0.4) is 0 Å². The van der Waals surface area contributed by atoms with Gasteiger partial charge in [0.2, 0.25) is 0 Å². The summed E-state index contributed by atoms with van der Waals surface area (Å²) in [5.74, 6) is 1.06. The van der Waals surface area contributed by atoms with Crippen LogP contribution in [0.1, 0.15) is 25.7 Å². The first-order valence-electron chi connectivity index (χ1n) is 7.08. The molecule has 3 heteroatoms. The number of nitrogens with zero attached hydrogens (tertiary/aromatic N) is 2. The highest BCUT2D eigenvalue weighted by Gasteiger charge is 2.27. The summed E-state index contributed by atoms with van der Waals surface area (Å²) in [6, 6.07) is 0.787. The van der Waals surface area contributed by atoms with Gasteiger partial charge in [0.25, 0.3) is 0 Å². The van der Waals surface area contributed by atoms with Crippen molar-refractivity contribution in [2.75, 3.05) is 45.8 Å². The highest BCUT2D eigenvalue weighted by molar-refractivity contribution is 4.83. The van der Waals surface area contributed by atoms with Crippen LogP contribution in [0, 0.1) is 5.92 Å². The topological polar surface area (TPSA) is 18.5 Å². The summed E-state index contributed by atoms with van der Waals surface area (Å²) < 4.78 is 0. The van der Waals surface area contributed by atoms with Crippen LogP contribution >= 0.6 is 0 Å². The Labute approximate surface area is 99.2 Å². The Morgan fingerprint density at radius 3 is 2.12 bits per heavy atom. The molecular weight excluding hydrogens is 198 g/mol. The van der Waals surface area contributed by atoms with E-state index in [0.717, 1.165) is 12.0 Å². The molecule has 0 spiro atoms. The maximum absolute atomic E-state index is 3.60. The largest absolute Gasteiger partial charge is 0.313 e. The second kappa shape index (κ2) is 5.03. The molecule has 3 fully saturated rings. The molecule has 0 aromatic carbocycles. The highest BCUT2D eigenvalue weighted by Crippen LogP contribution is 2.29. The zero-order chi connectivity index (χ0) is 10.8. The van der Waals surface area contributed by atoms with Crippen LogP contribution in [0.15, 0.2) is 0 Å². The minimum Gasteiger partial charge on any atom is -0.313 e. The van der Waals surface area contributed by atoms with E-state index >= 15 is 0 Å². The van der Waals surface area contributed by atoms with Crippen molar-refractivity contribution < 1.29 is 0 Å². The number of rotatable bonds is 4. The third-order valence-corrected chi connectivity index (χ3v) is 4.32. The Bertz CT molecular complexity index is 213. The van der Waals surface area contributed by atoms with Gasteiger partial charge in [-0.05, 0) is 38.1 Å². The average molecular weight is 223 g/mol. The third-order valence-electron chi connectivity index (χ3n) is 4.32. The van der Waals surface area contributed by atoms with Crippen molar-refractivity contribution in [1.82, 2.24) is 15.1 Å². The van der Waals surface area contributed by atoms with Gasteiger partial charge < -0.3 is 10.2 Å². The summed E-state index contributed by atoms with van der Waals surface area (Å²) in [5, 5.41) is 3.60. The van der Waals surface area contributed by atoms with Crippen molar-refractivity contribution in [3.63, 3.8) is 0 Å². The zero-order valence-corrected chi connectivity index (χ0v) is 10.3. The monoisotopic (exact) mass is 223 g/mol. The molecule has 2 aliphatic heterocycles. The molecule has 1 N–H and O–H groups in total. The lowest BCUT2D eigenvalue weighted by Gasteiger charge is -2.36. The molecule has 1 aliphatic carbocycles. The molecule has 0 unspecified atom stereocenters. The zero-order valence-electron chi connectivity index (χ0n) is 10.3. The van der Waals surface area contributed by atoms with Gasteiger partial charge in [0.05, 0.1) is 0 Å². The lowest BCUT2D eigenvalue weighted by atomic mass is 10.2. The predicted octanol–water partition coefficient (Wildman–Crippen LogP) is 0.766. The quantitative estimate of drug-likeness (QED) is 0.759. The molecule has 0 aromatic heterocycles. The Balaban J connectivity index is 1.36. The molecule has 3 aliphatic rings. The van der Waals surface area contributed by atoms with E-state index in [1.54, 1.807) is 0 Å². The molecule has 0 radical (unpaired) electrons. The number of nitrogens with one attached hydrogen (secondary N) is 1. The molecule has 2 heterocycles. The second-order valence-electron chi connectivity index (χ2n) is 5.84. The molecule has 2 saturated heterocycles. The molecule has 3 nitrogen and oxygen atoms in total. The maximum Gasteiger partial charge on any atom is 0.0195 e. The molecule has 1 atom stereocenters. The van der Waals surface area contributed by atoms with Crippen molar-refractivity contribution in [3.05, 3.63) is 0 Å². The lowest BCUT2D eigenvalue weighted by Crippen LogP contribution is -2.50. The van der Waals surface area contributed by atoms with Crippen molar-refractivity contribution in [2.45, 2.75) is 31.7 Å². The van der Waals surface area contributed by atoms with E-state index < -0.39 is 0 Å². The van der Waals surface area contributed by atoms with E-state index in [1.807, 2.05) is 0 Å². The summed E-state index contributed by atoms with van der Waals surface area (Å²) in [6.07, 6.45) is 5.76. The van der Waals surface area contributed by atoms with E-state index in [-0.39, 0.29) is 0 Å². The fourth-order valence-electron chi connectivity index (χ4n) is 3.04.